The minimum Gasteiger partial charge on any atom is -0.372 e. The topological polar surface area (TPSA) is 60.2 Å². The molecule has 2 heterocycles. The van der Waals surface area contributed by atoms with E-state index in [2.05, 4.69) is 27.6 Å². The maximum absolute atomic E-state index is 5.37. The van der Waals surface area contributed by atoms with Gasteiger partial charge in [0.2, 0.25) is 0 Å². The summed E-state index contributed by atoms with van der Waals surface area (Å²) >= 11 is 0. The van der Waals surface area contributed by atoms with E-state index < -0.39 is 0 Å². The third-order valence-corrected chi connectivity index (χ3v) is 2.77. The quantitative estimate of drug-likeness (QED) is 0.867. The van der Waals surface area contributed by atoms with Gasteiger partial charge in [0.1, 0.15) is 0 Å². The normalized spacial score (nSPS) is 13.9. The molecule has 0 bridgehead atoms. The van der Waals surface area contributed by atoms with Crippen LogP contribution in [0.2, 0.25) is 0 Å². The highest BCUT2D eigenvalue weighted by Crippen LogP contribution is 2.25. The number of nitrogens with zero attached hydrogens (tertiary/aromatic N) is 2. The molecule has 5 nitrogen and oxygen atoms in total. The van der Waals surface area contributed by atoms with Gasteiger partial charge in [-0.05, 0) is 30.3 Å². The maximum atomic E-state index is 5.37. The Labute approximate surface area is 98.8 Å². The summed E-state index contributed by atoms with van der Waals surface area (Å²) in [6.45, 7) is 1.97. The molecule has 0 unspecified atom stereocenters. The summed E-state index contributed by atoms with van der Waals surface area (Å²) in [5, 5.41) is 6.88. The maximum Gasteiger partial charge on any atom is 0.257 e. The highest BCUT2D eigenvalue weighted by molar-refractivity contribution is 5.56. The second-order valence-electron chi connectivity index (χ2n) is 4.02. The number of rotatable bonds is 3. The van der Waals surface area contributed by atoms with Crippen molar-refractivity contribution in [3.05, 3.63) is 35.2 Å². The summed E-state index contributed by atoms with van der Waals surface area (Å²) in [7, 11) is 1.85. The molecule has 88 valence electrons. The van der Waals surface area contributed by atoms with Gasteiger partial charge in [0.15, 0.2) is 5.82 Å². The number of benzene rings is 1. The number of aromatic nitrogens is 2. The molecule has 0 spiro atoms. The second kappa shape index (κ2) is 4.27. The molecule has 3 rings (SSSR count). The van der Waals surface area contributed by atoms with Crippen molar-refractivity contribution in [3.8, 4) is 11.5 Å². The van der Waals surface area contributed by atoms with Gasteiger partial charge in [-0.2, -0.15) is 4.98 Å². The molecule has 0 saturated heterocycles. The monoisotopic (exact) mass is 231 g/mol. The lowest BCUT2D eigenvalue weighted by Gasteiger charge is -1.98. The van der Waals surface area contributed by atoms with E-state index in [0.717, 1.165) is 5.56 Å². The summed E-state index contributed by atoms with van der Waals surface area (Å²) < 4.78 is 10.6. The van der Waals surface area contributed by atoms with E-state index in [-0.39, 0.29) is 0 Å². The molecule has 17 heavy (non-hydrogen) atoms. The lowest BCUT2D eigenvalue weighted by molar-refractivity contribution is 0.134. The number of hydrogen-bond donors (Lipinski definition) is 1. The van der Waals surface area contributed by atoms with Crippen molar-refractivity contribution in [2.75, 3.05) is 7.05 Å². The van der Waals surface area contributed by atoms with Crippen LogP contribution in [0, 0.1) is 0 Å². The number of nitrogens with one attached hydrogen (secondary N) is 1. The SMILES string of the molecule is CNCc1noc(-c2ccc3c(c2)COC3)n1. The van der Waals surface area contributed by atoms with Crippen LogP contribution in [0.5, 0.6) is 0 Å². The zero-order valence-corrected chi connectivity index (χ0v) is 9.56. The molecule has 2 aromatic rings. The molecule has 1 aliphatic heterocycles. The lowest BCUT2D eigenvalue weighted by Crippen LogP contribution is -2.06. The van der Waals surface area contributed by atoms with Crippen molar-refractivity contribution < 1.29 is 9.26 Å². The Hall–Kier alpha value is -1.72. The van der Waals surface area contributed by atoms with E-state index in [1.165, 1.54) is 11.1 Å². The first-order valence-electron chi connectivity index (χ1n) is 5.54. The van der Waals surface area contributed by atoms with Gasteiger partial charge in [-0.3, -0.25) is 0 Å². The minimum atomic E-state index is 0.560. The van der Waals surface area contributed by atoms with E-state index in [4.69, 9.17) is 9.26 Å². The molecule has 0 amide bonds. The Kier molecular flexibility index (Phi) is 2.62. The Morgan fingerprint density at radius 2 is 2.18 bits per heavy atom. The Balaban J connectivity index is 1.92. The molecular weight excluding hydrogens is 218 g/mol. The summed E-state index contributed by atoms with van der Waals surface area (Å²) in [5.74, 6) is 1.23. The van der Waals surface area contributed by atoms with E-state index in [1.807, 2.05) is 13.1 Å². The highest BCUT2D eigenvalue weighted by Gasteiger charge is 2.14. The fourth-order valence-corrected chi connectivity index (χ4v) is 1.91. The molecule has 0 aliphatic carbocycles. The molecule has 0 fully saturated rings. The molecule has 5 heteroatoms. The summed E-state index contributed by atoms with van der Waals surface area (Å²) in [4.78, 5) is 4.31. The van der Waals surface area contributed by atoms with Crippen molar-refractivity contribution in [2.45, 2.75) is 19.8 Å². The zero-order valence-electron chi connectivity index (χ0n) is 9.56. The molecule has 0 radical (unpaired) electrons. The van der Waals surface area contributed by atoms with Crippen LogP contribution in [-0.4, -0.2) is 17.2 Å². The van der Waals surface area contributed by atoms with Crippen molar-refractivity contribution >= 4 is 0 Å². The van der Waals surface area contributed by atoms with Gasteiger partial charge in [0.25, 0.3) is 5.89 Å². The molecule has 1 N–H and O–H groups in total. The molecule has 1 aromatic carbocycles. The Morgan fingerprint density at radius 3 is 3.06 bits per heavy atom. The van der Waals surface area contributed by atoms with E-state index in [1.54, 1.807) is 0 Å². The molecule has 0 atom stereocenters. The van der Waals surface area contributed by atoms with Crippen LogP contribution in [0.15, 0.2) is 22.7 Å². The first-order chi connectivity index (χ1) is 8.36. The predicted molar refractivity (Wildman–Crippen MR) is 61.0 cm³/mol. The summed E-state index contributed by atoms with van der Waals surface area (Å²) in [5.41, 5.74) is 3.39. The Morgan fingerprint density at radius 1 is 1.29 bits per heavy atom. The predicted octanol–water partition coefficient (Wildman–Crippen LogP) is 1.49. The fraction of sp³-hybridized carbons (Fsp3) is 0.333. The standard InChI is InChI=1S/C12H13N3O2/c1-13-5-11-14-12(17-15-11)8-2-3-9-6-16-7-10(9)4-8/h2-4,13H,5-7H2,1H3. The average molecular weight is 231 g/mol. The molecule has 1 aromatic heterocycles. The molecular formula is C12H13N3O2. The van der Waals surface area contributed by atoms with Gasteiger partial charge >= 0.3 is 0 Å². The van der Waals surface area contributed by atoms with E-state index in [0.29, 0.717) is 31.5 Å². The number of hydrogen-bond acceptors (Lipinski definition) is 5. The lowest BCUT2D eigenvalue weighted by atomic mass is 10.1. The molecule has 1 aliphatic rings. The van der Waals surface area contributed by atoms with Crippen LogP contribution in [0.3, 0.4) is 0 Å². The van der Waals surface area contributed by atoms with Gasteiger partial charge in [-0.15, -0.1) is 0 Å². The first kappa shape index (κ1) is 10.4. The highest BCUT2D eigenvalue weighted by atomic mass is 16.5. The summed E-state index contributed by atoms with van der Waals surface area (Å²) in [6.07, 6.45) is 0. The second-order valence-corrected chi connectivity index (χ2v) is 4.02. The van der Waals surface area contributed by atoms with Gasteiger partial charge < -0.3 is 14.6 Å². The smallest absolute Gasteiger partial charge is 0.257 e. The first-order valence-corrected chi connectivity index (χ1v) is 5.54. The summed E-state index contributed by atoms with van der Waals surface area (Å²) in [6, 6.07) is 6.10. The van der Waals surface area contributed by atoms with Crippen molar-refractivity contribution in [3.63, 3.8) is 0 Å². The van der Waals surface area contributed by atoms with Crippen molar-refractivity contribution in [1.82, 2.24) is 15.5 Å². The number of ether oxygens (including phenoxy) is 1. The minimum absolute atomic E-state index is 0.560. The van der Waals surface area contributed by atoms with E-state index >= 15 is 0 Å². The van der Waals surface area contributed by atoms with E-state index in [9.17, 15) is 0 Å². The third-order valence-electron chi connectivity index (χ3n) is 2.77. The van der Waals surface area contributed by atoms with Gasteiger partial charge in [0.05, 0.1) is 19.8 Å². The van der Waals surface area contributed by atoms with Crippen LogP contribution in [0.4, 0.5) is 0 Å². The van der Waals surface area contributed by atoms with Crippen LogP contribution in [0.25, 0.3) is 11.5 Å². The van der Waals surface area contributed by atoms with Gasteiger partial charge in [-0.25, -0.2) is 0 Å². The van der Waals surface area contributed by atoms with Crippen LogP contribution < -0.4 is 5.32 Å². The van der Waals surface area contributed by atoms with Gasteiger partial charge in [-0.1, -0.05) is 11.2 Å². The van der Waals surface area contributed by atoms with Crippen LogP contribution in [-0.2, 0) is 24.5 Å². The zero-order chi connectivity index (χ0) is 11.7. The largest absolute Gasteiger partial charge is 0.372 e. The van der Waals surface area contributed by atoms with Crippen molar-refractivity contribution in [2.24, 2.45) is 0 Å². The van der Waals surface area contributed by atoms with Crippen LogP contribution >= 0.6 is 0 Å². The average Bonchev–Trinajstić information content (AvgIpc) is 2.96. The van der Waals surface area contributed by atoms with Crippen molar-refractivity contribution in [1.29, 1.82) is 0 Å². The fourth-order valence-electron chi connectivity index (χ4n) is 1.91. The van der Waals surface area contributed by atoms with Crippen LogP contribution in [0.1, 0.15) is 17.0 Å². The number of fused-ring (bicyclic) bond motifs is 1. The molecule has 0 saturated carbocycles. The Bertz CT molecular complexity index is 536. The van der Waals surface area contributed by atoms with Gasteiger partial charge in [0, 0.05) is 5.56 Å². The third kappa shape index (κ3) is 1.94.